The third-order valence-corrected chi connectivity index (χ3v) is 11.7. The second kappa shape index (κ2) is 7.18. The molecular weight excluding hydrogens is 512 g/mol. The van der Waals surface area contributed by atoms with Crippen molar-refractivity contribution in [2.75, 3.05) is 18.0 Å². The summed E-state index contributed by atoms with van der Waals surface area (Å²) in [5.41, 5.74) is 0.342. The first-order valence-electron chi connectivity index (χ1n) is 9.50. The predicted molar refractivity (Wildman–Crippen MR) is 113 cm³/mol. The number of carbonyl (C=O) groups is 2. The topological polar surface area (TPSA) is 74.8 Å². The molecule has 6 atom stereocenters. The fourth-order valence-corrected chi connectivity index (χ4v) is 8.47. The summed E-state index contributed by atoms with van der Waals surface area (Å²) in [4.78, 5) is 28.0. The van der Waals surface area contributed by atoms with Crippen LogP contribution in [0.2, 0.25) is 0 Å². The molecule has 1 aromatic carbocycles. The molecule has 0 aromatic heterocycles. The molecule has 6 nitrogen and oxygen atoms in total. The zero-order chi connectivity index (χ0) is 20.4. The summed E-state index contributed by atoms with van der Waals surface area (Å²) in [5.74, 6) is -0.795. The Morgan fingerprint density at radius 2 is 1.57 bits per heavy atom. The summed E-state index contributed by atoms with van der Waals surface area (Å²) in [6, 6.07) is 6.19. The van der Waals surface area contributed by atoms with Gasteiger partial charge in [-0.3, -0.25) is 9.59 Å². The number of hydrogen-bond acceptors (Lipinski definition) is 4. The van der Waals surface area contributed by atoms with E-state index in [1.807, 2.05) is 0 Å². The predicted octanol–water partition coefficient (Wildman–Crippen LogP) is 3.00. The molecule has 2 saturated carbocycles. The van der Waals surface area contributed by atoms with E-state index in [0.29, 0.717) is 18.8 Å². The molecule has 2 bridgehead atoms. The Morgan fingerprint density at radius 1 is 1.04 bits per heavy atom. The Labute approximate surface area is 181 Å². The van der Waals surface area contributed by atoms with E-state index >= 15 is 0 Å². The highest BCUT2D eigenvalue weighted by Crippen LogP contribution is 2.60. The molecule has 3 aliphatic rings. The average Bonchev–Trinajstić information content (AvgIpc) is 3.27. The fourth-order valence-electron chi connectivity index (χ4n) is 5.10. The summed E-state index contributed by atoms with van der Waals surface area (Å²) in [6.45, 7) is 4.28. The molecule has 0 spiro atoms. The van der Waals surface area contributed by atoms with Crippen molar-refractivity contribution < 1.29 is 18.0 Å². The van der Waals surface area contributed by atoms with Crippen molar-refractivity contribution in [2.45, 2.75) is 34.8 Å². The molecule has 0 unspecified atom stereocenters. The van der Waals surface area contributed by atoms with E-state index in [-0.39, 0.29) is 50.0 Å². The third-order valence-electron chi connectivity index (χ3n) is 6.41. The normalized spacial score (nSPS) is 34.5. The molecule has 2 amide bonds. The van der Waals surface area contributed by atoms with Gasteiger partial charge in [0, 0.05) is 22.7 Å². The number of alkyl halides is 2. The zero-order valence-electron chi connectivity index (χ0n) is 15.6. The van der Waals surface area contributed by atoms with Gasteiger partial charge in [0.1, 0.15) is 0 Å². The molecule has 0 N–H and O–H groups in total. The van der Waals surface area contributed by atoms with E-state index in [9.17, 15) is 18.0 Å². The number of hydrogen-bond donors (Lipinski definition) is 0. The van der Waals surface area contributed by atoms with Gasteiger partial charge in [-0.15, -0.1) is 0 Å². The minimum atomic E-state index is -3.66. The Balaban J connectivity index is 1.70. The lowest BCUT2D eigenvalue weighted by Crippen LogP contribution is -2.37. The van der Waals surface area contributed by atoms with E-state index in [1.165, 1.54) is 21.3 Å². The fraction of sp³-hybridized carbons (Fsp3) is 0.579. The smallest absolute Gasteiger partial charge is 0.243 e. The summed E-state index contributed by atoms with van der Waals surface area (Å²) in [6.07, 6.45) is 0.864. The molecule has 1 aromatic rings. The molecule has 1 heterocycles. The van der Waals surface area contributed by atoms with Crippen molar-refractivity contribution in [1.82, 2.24) is 4.31 Å². The minimum Gasteiger partial charge on any atom is -0.274 e. The van der Waals surface area contributed by atoms with Gasteiger partial charge in [-0.1, -0.05) is 51.8 Å². The van der Waals surface area contributed by atoms with Gasteiger partial charge >= 0.3 is 0 Å². The van der Waals surface area contributed by atoms with Gasteiger partial charge in [-0.05, 0) is 36.5 Å². The van der Waals surface area contributed by atoms with Gasteiger partial charge in [-0.25, -0.2) is 13.3 Å². The van der Waals surface area contributed by atoms with Gasteiger partial charge in [0.25, 0.3) is 0 Å². The second-order valence-electron chi connectivity index (χ2n) is 7.60. The standard InChI is InChI=1S/C19H22Br2N2O4S/c1-3-22(4-2)28(26,27)11-7-5-6-10(8-11)23-18(24)14-12-9-13(15(14)19(23)25)17(21)16(12)20/h5-8,12-17H,3-4,9H2,1-2H3/t12-,13+,14-,15+,16-,17+. The lowest BCUT2D eigenvalue weighted by molar-refractivity contribution is -0.123. The van der Waals surface area contributed by atoms with E-state index < -0.39 is 10.0 Å². The van der Waals surface area contributed by atoms with Crippen molar-refractivity contribution in [1.29, 1.82) is 0 Å². The molecular formula is C19H22Br2N2O4S. The van der Waals surface area contributed by atoms with Gasteiger partial charge in [-0.2, -0.15) is 4.31 Å². The maximum atomic E-state index is 13.2. The van der Waals surface area contributed by atoms with Crippen molar-refractivity contribution in [2.24, 2.45) is 23.7 Å². The highest BCUT2D eigenvalue weighted by atomic mass is 79.9. The van der Waals surface area contributed by atoms with Crippen LogP contribution in [0.3, 0.4) is 0 Å². The van der Waals surface area contributed by atoms with Crippen LogP contribution in [0.25, 0.3) is 0 Å². The zero-order valence-corrected chi connectivity index (χ0v) is 19.6. The van der Waals surface area contributed by atoms with Crippen molar-refractivity contribution in [3.63, 3.8) is 0 Å². The number of amides is 2. The lowest BCUT2D eigenvalue weighted by Gasteiger charge is -2.28. The summed E-state index contributed by atoms with van der Waals surface area (Å²) in [7, 11) is -3.66. The lowest BCUT2D eigenvalue weighted by atomic mass is 9.81. The van der Waals surface area contributed by atoms with Crippen LogP contribution in [0.1, 0.15) is 20.3 Å². The largest absolute Gasteiger partial charge is 0.274 e. The summed E-state index contributed by atoms with van der Waals surface area (Å²) >= 11 is 7.35. The van der Waals surface area contributed by atoms with Crippen molar-refractivity contribution in [3.05, 3.63) is 24.3 Å². The van der Waals surface area contributed by atoms with Crippen LogP contribution in [0, 0.1) is 23.7 Å². The number of imide groups is 1. The first kappa shape index (κ1) is 20.5. The van der Waals surface area contributed by atoms with Gasteiger partial charge in [0.05, 0.1) is 22.4 Å². The number of sulfonamides is 1. The van der Waals surface area contributed by atoms with E-state index in [2.05, 4.69) is 31.9 Å². The Hall–Kier alpha value is -0.770. The molecule has 3 fully saturated rings. The minimum absolute atomic E-state index is 0.103. The SMILES string of the molecule is CCN(CC)S(=O)(=O)c1cccc(N2C(=O)[C@@H]3[C@H]4C[C@H]([C@H](Br)[C@@H]4Br)[C@@H]3C2=O)c1. The van der Waals surface area contributed by atoms with E-state index in [0.717, 1.165) is 6.42 Å². The summed E-state index contributed by atoms with van der Waals surface area (Å²) < 4.78 is 27.1. The number of benzene rings is 1. The van der Waals surface area contributed by atoms with Crippen LogP contribution in [-0.4, -0.2) is 47.3 Å². The number of halogens is 2. The number of nitrogens with zero attached hydrogens (tertiary/aromatic N) is 2. The molecule has 152 valence electrons. The molecule has 2 aliphatic carbocycles. The average molecular weight is 534 g/mol. The molecule has 1 aliphatic heterocycles. The first-order chi connectivity index (χ1) is 13.2. The quantitative estimate of drug-likeness (QED) is 0.430. The maximum absolute atomic E-state index is 13.2. The van der Waals surface area contributed by atoms with Crippen LogP contribution < -0.4 is 4.90 Å². The molecule has 28 heavy (non-hydrogen) atoms. The van der Waals surface area contributed by atoms with Gasteiger partial charge in [0.15, 0.2) is 0 Å². The van der Waals surface area contributed by atoms with Crippen molar-refractivity contribution in [3.8, 4) is 0 Å². The summed E-state index contributed by atoms with van der Waals surface area (Å²) in [5, 5.41) is 0. The van der Waals surface area contributed by atoms with Crippen LogP contribution in [0.5, 0.6) is 0 Å². The molecule has 0 radical (unpaired) electrons. The third kappa shape index (κ3) is 2.76. The van der Waals surface area contributed by atoms with Gasteiger partial charge < -0.3 is 0 Å². The van der Waals surface area contributed by atoms with Crippen LogP contribution in [0.4, 0.5) is 5.69 Å². The van der Waals surface area contributed by atoms with Crippen molar-refractivity contribution >= 4 is 59.4 Å². The maximum Gasteiger partial charge on any atom is 0.243 e. The second-order valence-corrected chi connectivity index (χ2v) is 11.7. The molecule has 1 saturated heterocycles. The highest BCUT2D eigenvalue weighted by molar-refractivity contribution is 9.12. The highest BCUT2D eigenvalue weighted by Gasteiger charge is 2.66. The number of anilines is 1. The Bertz CT molecular complexity index is 902. The number of carbonyl (C=O) groups excluding carboxylic acids is 2. The Morgan fingerprint density at radius 3 is 2.07 bits per heavy atom. The molecule has 4 rings (SSSR count). The first-order valence-corrected chi connectivity index (χ1v) is 12.8. The van der Waals surface area contributed by atoms with Crippen LogP contribution in [-0.2, 0) is 19.6 Å². The number of fused-ring (bicyclic) bond motifs is 5. The van der Waals surface area contributed by atoms with E-state index in [4.69, 9.17) is 0 Å². The van der Waals surface area contributed by atoms with Crippen LogP contribution in [0.15, 0.2) is 29.2 Å². The van der Waals surface area contributed by atoms with E-state index in [1.54, 1.807) is 26.0 Å². The van der Waals surface area contributed by atoms with Gasteiger partial charge in [0.2, 0.25) is 21.8 Å². The Kier molecular flexibility index (Phi) is 5.26. The number of rotatable bonds is 5. The monoisotopic (exact) mass is 532 g/mol. The van der Waals surface area contributed by atoms with Crippen LogP contribution >= 0.6 is 31.9 Å². The molecule has 9 heteroatoms.